The van der Waals surface area contributed by atoms with Gasteiger partial charge in [0.1, 0.15) is 24.0 Å². The number of aliphatic hydroxyl groups excluding tert-OH is 1. The number of rotatable bonds is 46. The van der Waals surface area contributed by atoms with E-state index in [1.807, 2.05) is 66.7 Å². The number of carbonyl (C=O) groups excluding carboxylic acids is 11. The zero-order valence-electron chi connectivity index (χ0n) is 62.9. The third kappa shape index (κ3) is 27.5. The van der Waals surface area contributed by atoms with E-state index in [0.29, 0.717) is 128 Å². The number of likely N-dealkylation sites (tertiary alicyclic amines) is 1. The van der Waals surface area contributed by atoms with E-state index in [-0.39, 0.29) is 93.0 Å². The average Bonchev–Trinajstić information content (AvgIpc) is 1.79. The highest BCUT2D eigenvalue weighted by molar-refractivity contribution is 6.13. The highest BCUT2D eigenvalue weighted by atomic mass is 16.6. The van der Waals surface area contributed by atoms with Crippen molar-refractivity contribution in [1.29, 1.82) is 0 Å². The Kier molecular flexibility index (Phi) is 38.4. The first-order valence-corrected chi connectivity index (χ1v) is 36.7. The number of ether oxygens (including phenoxy) is 6. The van der Waals surface area contributed by atoms with Crippen LogP contribution in [0, 0.1) is 29.1 Å². The van der Waals surface area contributed by atoms with Crippen LogP contribution in [0.25, 0.3) is 0 Å². The van der Waals surface area contributed by atoms with Crippen LogP contribution in [0.2, 0.25) is 0 Å². The van der Waals surface area contributed by atoms with Gasteiger partial charge in [0.05, 0.1) is 74.6 Å². The molecule has 0 radical (unpaired) electrons. The van der Waals surface area contributed by atoms with Crippen LogP contribution in [0.15, 0.2) is 42.5 Å². The van der Waals surface area contributed by atoms with E-state index in [9.17, 15) is 57.8 Å². The average molecular weight is 1420 g/mol. The molecule has 101 heavy (non-hydrogen) atoms. The van der Waals surface area contributed by atoms with Gasteiger partial charge >= 0.3 is 6.09 Å². The summed E-state index contributed by atoms with van der Waals surface area (Å²) in [6.07, 6.45) is 6.65. The molecule has 13 atom stereocenters. The van der Waals surface area contributed by atoms with E-state index in [2.05, 4.69) is 21.3 Å². The van der Waals surface area contributed by atoms with Gasteiger partial charge in [-0.2, -0.15) is 0 Å². The van der Waals surface area contributed by atoms with Crippen molar-refractivity contribution in [2.24, 2.45) is 29.1 Å². The van der Waals surface area contributed by atoms with Crippen LogP contribution >= 0.6 is 0 Å². The summed E-state index contributed by atoms with van der Waals surface area (Å²) < 4.78 is 34.4. The zero-order valence-corrected chi connectivity index (χ0v) is 62.9. The molecule has 570 valence electrons. The molecule has 26 nitrogen and oxygen atoms in total. The maximum absolute atomic E-state index is 14.9. The van der Waals surface area contributed by atoms with Crippen molar-refractivity contribution in [2.45, 2.75) is 245 Å². The van der Waals surface area contributed by atoms with Gasteiger partial charge in [0.2, 0.25) is 35.4 Å². The summed E-state index contributed by atoms with van der Waals surface area (Å²) in [6.45, 7) is 18.9. The number of nitrogens with one attached hydrogen (secondary N) is 4. The number of unbranched alkanes of at least 4 members (excludes halogenated alkanes) is 1. The van der Waals surface area contributed by atoms with Gasteiger partial charge in [-0.25, -0.2) is 4.79 Å². The molecule has 1 saturated carbocycles. The molecular formula is C75H122N8O18. The first-order valence-electron chi connectivity index (χ1n) is 36.7. The fourth-order valence-electron chi connectivity index (χ4n) is 13.8. The lowest BCUT2D eigenvalue weighted by molar-refractivity contribution is -0.148. The predicted molar refractivity (Wildman–Crippen MR) is 380 cm³/mol. The van der Waals surface area contributed by atoms with Crippen molar-refractivity contribution in [2.75, 3.05) is 88.1 Å². The zero-order chi connectivity index (χ0) is 74.9. The summed E-state index contributed by atoms with van der Waals surface area (Å²) >= 11 is 0. The molecular weight excluding hydrogens is 1300 g/mol. The molecule has 1 saturated heterocycles. The van der Waals surface area contributed by atoms with Gasteiger partial charge in [-0.05, 0) is 107 Å². The molecule has 5 N–H and O–H groups in total. The van der Waals surface area contributed by atoms with Crippen molar-refractivity contribution in [3.63, 3.8) is 0 Å². The topological polar surface area (TPSA) is 324 Å². The minimum absolute atomic E-state index is 0.00717. The largest absolute Gasteiger partial charge is 0.446 e. The SMILES string of the molecule is CC[C@H](C)[C@@H]([C@@H](CC(=O)N1CCC[C@H]1[C@H](OC)[C@@H](C)C(=O)N[C@H](C)[C@@H](O)c1ccccc1)OC)N(C)C(=O)[C@@H](NC(=O)[C@H](C(C)C)N(C)C(=O)O[C@H]1CCCC[C@@](C)(C(=O)NCCCCC(NC(=O)CCOCCCC(=O)CCN2C(=O)C=CC2=O)C(=O)CCCOCCOC)CC1)C(C)C. The molecule has 0 bridgehead atoms. The second-order valence-electron chi connectivity index (χ2n) is 28.6. The molecule has 2 aliphatic heterocycles. The molecule has 9 amide bonds. The highest BCUT2D eigenvalue weighted by Crippen LogP contribution is 2.36. The van der Waals surface area contributed by atoms with Crippen molar-refractivity contribution in [3.8, 4) is 0 Å². The maximum Gasteiger partial charge on any atom is 0.410 e. The first-order chi connectivity index (χ1) is 48.0. The molecule has 2 heterocycles. The fourth-order valence-corrected chi connectivity index (χ4v) is 13.8. The number of methoxy groups -OCH3 is 3. The van der Waals surface area contributed by atoms with Crippen molar-refractivity contribution >= 4 is 64.9 Å². The van der Waals surface area contributed by atoms with Gasteiger partial charge in [0.15, 0.2) is 5.78 Å². The summed E-state index contributed by atoms with van der Waals surface area (Å²) in [5.74, 6) is -4.77. The predicted octanol–water partition coefficient (Wildman–Crippen LogP) is 6.96. The lowest BCUT2D eigenvalue weighted by Crippen LogP contribution is -2.60. The Labute approximate surface area is 599 Å². The second kappa shape index (κ2) is 44.7. The van der Waals surface area contributed by atoms with Gasteiger partial charge in [0, 0.05) is 112 Å². The van der Waals surface area contributed by atoms with Crippen LogP contribution in [0.3, 0.4) is 0 Å². The summed E-state index contributed by atoms with van der Waals surface area (Å²) in [4.78, 5) is 154. The van der Waals surface area contributed by atoms with E-state index < -0.39 is 114 Å². The number of hydrogen-bond donors (Lipinski definition) is 5. The molecule has 1 aliphatic carbocycles. The Balaban J connectivity index is 1.31. The normalized spacial score (nSPS) is 20.1. The van der Waals surface area contributed by atoms with Crippen molar-refractivity contribution < 1.29 is 86.3 Å². The molecule has 4 rings (SSSR count). The maximum atomic E-state index is 14.9. The number of Topliss-reactive ketones (excluding diaryl/α,β-unsaturated/α-hetero) is 2. The minimum Gasteiger partial charge on any atom is -0.446 e. The Hall–Kier alpha value is -6.71. The van der Waals surface area contributed by atoms with Gasteiger partial charge in [0.25, 0.3) is 11.8 Å². The summed E-state index contributed by atoms with van der Waals surface area (Å²) in [7, 11) is 7.78. The van der Waals surface area contributed by atoms with E-state index in [1.54, 1.807) is 49.9 Å². The van der Waals surface area contributed by atoms with Gasteiger partial charge in [-0.1, -0.05) is 98.6 Å². The van der Waals surface area contributed by atoms with E-state index in [0.717, 1.165) is 4.90 Å². The molecule has 1 aromatic rings. The van der Waals surface area contributed by atoms with Gasteiger partial charge in [-0.3, -0.25) is 57.7 Å². The van der Waals surface area contributed by atoms with E-state index >= 15 is 0 Å². The van der Waals surface area contributed by atoms with Crippen LogP contribution in [0.4, 0.5) is 4.79 Å². The third-order valence-corrected chi connectivity index (χ3v) is 20.2. The minimum atomic E-state index is -1.04. The number of hydrogen-bond acceptors (Lipinski definition) is 18. The molecule has 0 aromatic heterocycles. The first kappa shape index (κ1) is 86.7. The number of benzene rings is 1. The smallest absolute Gasteiger partial charge is 0.410 e. The van der Waals surface area contributed by atoms with Crippen LogP contribution in [-0.4, -0.2) is 232 Å². The molecule has 26 heteroatoms. The highest BCUT2D eigenvalue weighted by Gasteiger charge is 2.45. The number of imide groups is 1. The second-order valence-corrected chi connectivity index (χ2v) is 28.6. The van der Waals surface area contributed by atoms with E-state index in [4.69, 9.17) is 28.4 Å². The third-order valence-electron chi connectivity index (χ3n) is 20.2. The summed E-state index contributed by atoms with van der Waals surface area (Å²) in [5, 5.41) is 22.9. The van der Waals surface area contributed by atoms with E-state index in [1.165, 1.54) is 38.3 Å². The summed E-state index contributed by atoms with van der Waals surface area (Å²) in [5.41, 5.74) is -0.106. The Morgan fingerprint density at radius 1 is 0.703 bits per heavy atom. The number of nitrogens with zero attached hydrogens (tertiary/aromatic N) is 4. The number of ketones is 2. The Morgan fingerprint density at radius 2 is 1.38 bits per heavy atom. The van der Waals surface area contributed by atoms with Crippen LogP contribution in [0.1, 0.15) is 196 Å². The van der Waals surface area contributed by atoms with Crippen LogP contribution in [-0.2, 0) is 76.4 Å². The molecule has 1 unspecified atom stereocenters. The lowest BCUT2D eigenvalue weighted by atomic mass is 9.76. The number of aliphatic hydroxyl groups is 1. The number of likely N-dealkylation sites (N-methyl/N-ethyl adjacent to an activating group) is 2. The lowest BCUT2D eigenvalue weighted by Gasteiger charge is -2.41. The van der Waals surface area contributed by atoms with Crippen LogP contribution in [0.5, 0.6) is 0 Å². The Morgan fingerprint density at radius 3 is 2.01 bits per heavy atom. The van der Waals surface area contributed by atoms with Gasteiger partial charge in [-0.15, -0.1) is 0 Å². The monoisotopic (exact) mass is 1420 g/mol. The Bertz CT molecular complexity index is 2830. The van der Waals surface area contributed by atoms with Gasteiger partial charge < -0.3 is 64.6 Å². The van der Waals surface area contributed by atoms with Crippen molar-refractivity contribution in [3.05, 3.63) is 48.0 Å². The standard InChI is InChI=1S/C75H122N8O18/c1-15-51(6)67(60(97-13)48-64(89)82-41-23-31-58(82)69(98-14)52(7)70(91)77-53(8)68(90)54-26-17-16-18-27-54)80(10)72(93)65(49(2)3)79-71(92)66(50(4)5)81(11)74(95)101-56-29-19-21-38-75(9,39-35-56)73(94)76-40-22-20-30-57(59(85)32-25-44-100-47-46-96-12)78-61(86)37-45-99-43-24-28-55(84)36-42-83-62(87)33-34-63(83)88/h16-18,26-27,33-34,49-53,56-58,60,65-69,90H,15,19-25,28-32,35-48H2,1-14H3,(H,76,94)(H,77,91)(H,78,86)(H,79,92)/t51-,52+,53+,56-,57?,58-,60+,65-,66-,67-,68+,69+,75+/m0/s1. The summed E-state index contributed by atoms with van der Waals surface area (Å²) in [6, 6.07) is 4.61. The molecule has 3 aliphatic rings. The molecule has 2 fully saturated rings. The number of carbonyl (C=O) groups is 11. The van der Waals surface area contributed by atoms with Crippen molar-refractivity contribution in [1.82, 2.24) is 40.9 Å². The molecule has 1 aromatic carbocycles. The quantitative estimate of drug-likeness (QED) is 0.0325. The molecule has 0 spiro atoms. The van der Waals surface area contributed by atoms with Crippen LogP contribution < -0.4 is 21.3 Å². The fraction of sp³-hybridized carbons (Fsp3) is 0.747. The number of amides is 9.